The summed E-state index contributed by atoms with van der Waals surface area (Å²) in [5.74, 6) is -0.0593. The lowest BCUT2D eigenvalue weighted by atomic mass is 10.0. The van der Waals surface area contributed by atoms with Crippen LogP contribution in [-0.2, 0) is 9.59 Å². The number of anilines is 2. The zero-order chi connectivity index (χ0) is 21.5. The largest absolute Gasteiger partial charge is 0.481 e. The topological polar surface area (TPSA) is 84.5 Å². The minimum absolute atomic E-state index is 0.0735. The van der Waals surface area contributed by atoms with Gasteiger partial charge in [0.1, 0.15) is 5.75 Å². The van der Waals surface area contributed by atoms with Gasteiger partial charge in [0, 0.05) is 29.4 Å². The van der Waals surface area contributed by atoms with E-state index < -0.39 is 6.10 Å². The minimum Gasteiger partial charge on any atom is -0.481 e. The quantitative estimate of drug-likeness (QED) is 0.578. The first-order chi connectivity index (χ1) is 14.4. The molecule has 3 aromatic carbocycles. The maximum absolute atomic E-state index is 12.4. The zero-order valence-corrected chi connectivity index (χ0v) is 16.7. The lowest BCUT2D eigenvalue weighted by molar-refractivity contribution is -0.122. The molecule has 3 rings (SSSR count). The molecule has 3 aromatic rings. The number of rotatable bonds is 7. The molecular formula is C24H22N2O4. The molecule has 0 aliphatic rings. The van der Waals surface area contributed by atoms with E-state index >= 15 is 0 Å². The summed E-state index contributed by atoms with van der Waals surface area (Å²) in [5, 5.41) is 5.43. The van der Waals surface area contributed by atoms with E-state index in [1.54, 1.807) is 67.6 Å². The molecule has 2 amide bonds. The Kier molecular flexibility index (Phi) is 6.60. The second kappa shape index (κ2) is 9.52. The van der Waals surface area contributed by atoms with Gasteiger partial charge < -0.3 is 15.4 Å². The van der Waals surface area contributed by atoms with Crippen LogP contribution in [0.3, 0.4) is 0 Å². The van der Waals surface area contributed by atoms with Gasteiger partial charge in [0.15, 0.2) is 11.9 Å². The Morgan fingerprint density at radius 2 is 1.27 bits per heavy atom. The number of benzene rings is 3. The average molecular weight is 402 g/mol. The average Bonchev–Trinajstić information content (AvgIpc) is 2.75. The Balaban J connectivity index is 1.57. The van der Waals surface area contributed by atoms with Gasteiger partial charge in [-0.25, -0.2) is 0 Å². The Labute approximate surface area is 174 Å². The summed E-state index contributed by atoms with van der Waals surface area (Å²) in [4.78, 5) is 35.9. The summed E-state index contributed by atoms with van der Waals surface area (Å²) in [6.45, 7) is 3.07. The molecule has 0 saturated heterocycles. The second-order valence-electron chi connectivity index (χ2n) is 6.73. The fraction of sp³-hybridized carbons (Fsp3) is 0.125. The van der Waals surface area contributed by atoms with Crippen LogP contribution in [0.4, 0.5) is 11.4 Å². The second-order valence-corrected chi connectivity index (χ2v) is 6.73. The summed E-state index contributed by atoms with van der Waals surface area (Å²) in [6, 6.07) is 22.5. The van der Waals surface area contributed by atoms with E-state index in [2.05, 4.69) is 10.6 Å². The Hall–Kier alpha value is -3.93. The Morgan fingerprint density at radius 3 is 1.83 bits per heavy atom. The molecule has 1 atom stereocenters. The van der Waals surface area contributed by atoms with Crippen molar-refractivity contribution in [3.8, 4) is 5.75 Å². The number of nitrogens with one attached hydrogen (secondary N) is 2. The molecule has 30 heavy (non-hydrogen) atoms. The van der Waals surface area contributed by atoms with Crippen LogP contribution < -0.4 is 15.4 Å². The van der Waals surface area contributed by atoms with E-state index in [0.29, 0.717) is 28.3 Å². The fourth-order valence-corrected chi connectivity index (χ4v) is 2.78. The molecule has 0 radical (unpaired) electrons. The molecule has 0 saturated carbocycles. The van der Waals surface area contributed by atoms with Crippen LogP contribution in [0.25, 0.3) is 0 Å². The molecule has 6 heteroatoms. The van der Waals surface area contributed by atoms with Crippen LogP contribution in [0.1, 0.15) is 29.8 Å². The molecule has 0 aliphatic carbocycles. The molecule has 0 aromatic heterocycles. The van der Waals surface area contributed by atoms with Crippen LogP contribution in [0.2, 0.25) is 0 Å². The van der Waals surface area contributed by atoms with Gasteiger partial charge in [0.25, 0.3) is 5.91 Å². The normalized spacial score (nSPS) is 11.3. The summed E-state index contributed by atoms with van der Waals surface area (Å²) in [7, 11) is 0. The molecule has 0 heterocycles. The molecule has 0 aliphatic heterocycles. The fourth-order valence-electron chi connectivity index (χ4n) is 2.78. The van der Waals surface area contributed by atoms with Gasteiger partial charge in [-0.05, 0) is 55.5 Å². The van der Waals surface area contributed by atoms with Gasteiger partial charge in [-0.1, -0.05) is 30.3 Å². The van der Waals surface area contributed by atoms with Crippen LogP contribution in [0, 0.1) is 0 Å². The highest BCUT2D eigenvalue weighted by Gasteiger charge is 2.16. The number of amides is 2. The van der Waals surface area contributed by atoms with Crippen molar-refractivity contribution in [2.75, 3.05) is 10.6 Å². The van der Waals surface area contributed by atoms with Crippen LogP contribution in [-0.4, -0.2) is 23.7 Å². The molecule has 152 valence electrons. The van der Waals surface area contributed by atoms with E-state index in [1.165, 1.54) is 6.92 Å². The number of ketones is 1. The van der Waals surface area contributed by atoms with Crippen LogP contribution >= 0.6 is 0 Å². The number of carbonyl (C=O) groups is 3. The minimum atomic E-state index is -0.740. The first-order valence-corrected chi connectivity index (χ1v) is 9.47. The summed E-state index contributed by atoms with van der Waals surface area (Å²) < 4.78 is 5.68. The van der Waals surface area contributed by atoms with Crippen molar-refractivity contribution in [3.05, 3.63) is 90.0 Å². The van der Waals surface area contributed by atoms with Gasteiger partial charge in [-0.15, -0.1) is 0 Å². The number of ether oxygens (including phenoxy) is 1. The highest BCUT2D eigenvalue weighted by molar-refractivity contribution is 6.09. The van der Waals surface area contributed by atoms with Crippen molar-refractivity contribution in [2.24, 2.45) is 0 Å². The van der Waals surface area contributed by atoms with Crippen molar-refractivity contribution >= 4 is 29.0 Å². The first kappa shape index (κ1) is 20.8. The SMILES string of the molecule is CC(=O)Nc1ccc(NC(=O)[C@@H](C)Oc2ccc(C(=O)c3ccccc3)cc2)cc1. The van der Waals surface area contributed by atoms with Gasteiger partial charge in [0.2, 0.25) is 5.91 Å². The molecule has 6 nitrogen and oxygen atoms in total. The lowest BCUT2D eigenvalue weighted by Gasteiger charge is -2.15. The number of hydrogen-bond donors (Lipinski definition) is 2. The van der Waals surface area contributed by atoms with Crippen LogP contribution in [0.5, 0.6) is 5.75 Å². The van der Waals surface area contributed by atoms with E-state index in [4.69, 9.17) is 4.74 Å². The van der Waals surface area contributed by atoms with Gasteiger partial charge in [-0.3, -0.25) is 14.4 Å². The molecule has 0 fully saturated rings. The predicted octanol–water partition coefficient (Wildman–Crippen LogP) is 4.28. The van der Waals surface area contributed by atoms with Crippen molar-refractivity contribution in [1.29, 1.82) is 0 Å². The van der Waals surface area contributed by atoms with Gasteiger partial charge >= 0.3 is 0 Å². The van der Waals surface area contributed by atoms with E-state index in [1.807, 2.05) is 18.2 Å². The summed E-state index contributed by atoms with van der Waals surface area (Å²) in [6.07, 6.45) is -0.740. The third-order valence-corrected chi connectivity index (χ3v) is 4.31. The Bertz CT molecular complexity index is 1030. The van der Waals surface area contributed by atoms with Crippen LogP contribution in [0.15, 0.2) is 78.9 Å². The highest BCUT2D eigenvalue weighted by Crippen LogP contribution is 2.18. The van der Waals surface area contributed by atoms with Gasteiger partial charge in [0.05, 0.1) is 0 Å². The lowest BCUT2D eigenvalue weighted by Crippen LogP contribution is -2.30. The molecule has 2 N–H and O–H groups in total. The number of hydrogen-bond acceptors (Lipinski definition) is 4. The third-order valence-electron chi connectivity index (χ3n) is 4.31. The highest BCUT2D eigenvalue weighted by atomic mass is 16.5. The Morgan fingerprint density at radius 1 is 0.733 bits per heavy atom. The standard InChI is InChI=1S/C24H22N2O4/c1-16(24(29)26-21-12-10-20(11-13-21)25-17(2)27)30-22-14-8-19(9-15-22)23(28)18-6-4-3-5-7-18/h3-16H,1-2H3,(H,25,27)(H,26,29)/t16-/m1/s1. The molecule has 0 unspecified atom stereocenters. The zero-order valence-electron chi connectivity index (χ0n) is 16.7. The maximum atomic E-state index is 12.4. The predicted molar refractivity (Wildman–Crippen MR) is 116 cm³/mol. The maximum Gasteiger partial charge on any atom is 0.265 e. The van der Waals surface area contributed by atoms with Crippen molar-refractivity contribution in [2.45, 2.75) is 20.0 Å². The van der Waals surface area contributed by atoms with E-state index in [-0.39, 0.29) is 17.6 Å². The van der Waals surface area contributed by atoms with Gasteiger partial charge in [-0.2, -0.15) is 0 Å². The van der Waals surface area contributed by atoms with Crippen molar-refractivity contribution < 1.29 is 19.1 Å². The first-order valence-electron chi connectivity index (χ1n) is 9.47. The van der Waals surface area contributed by atoms with Crippen molar-refractivity contribution in [3.63, 3.8) is 0 Å². The molecular weight excluding hydrogens is 380 g/mol. The smallest absolute Gasteiger partial charge is 0.265 e. The third kappa shape index (κ3) is 5.54. The summed E-state index contributed by atoms with van der Waals surface area (Å²) >= 11 is 0. The molecule has 0 spiro atoms. The monoisotopic (exact) mass is 402 g/mol. The molecule has 0 bridgehead atoms. The van der Waals surface area contributed by atoms with E-state index in [0.717, 1.165) is 0 Å². The van der Waals surface area contributed by atoms with Crippen molar-refractivity contribution in [1.82, 2.24) is 0 Å². The number of carbonyl (C=O) groups excluding carboxylic acids is 3. The summed E-state index contributed by atoms with van der Waals surface area (Å²) in [5.41, 5.74) is 2.40. The van der Waals surface area contributed by atoms with E-state index in [9.17, 15) is 14.4 Å².